The second-order valence-electron chi connectivity index (χ2n) is 9.02. The SMILES string of the molecule is CCCO[C@@H](COC)[C@@H](Oc1ccccc1)[C@H](C)OC(=O)[C@H](C)CC(=O)c1nccc(OC)c1OCOC(C)=O. The molecule has 0 aliphatic rings. The van der Waals surface area contributed by atoms with E-state index in [1.54, 1.807) is 33.1 Å². The first-order valence-corrected chi connectivity index (χ1v) is 13.1. The third kappa shape index (κ3) is 10.1. The molecule has 0 amide bonds. The molecule has 0 saturated heterocycles. The molecule has 2 rings (SSSR count). The molecular formula is C29H39NO10. The van der Waals surface area contributed by atoms with Crippen molar-refractivity contribution in [2.75, 3.05) is 34.2 Å². The second kappa shape index (κ2) is 17.1. The number of rotatable bonds is 18. The maximum atomic E-state index is 13.1. The number of carbonyl (C=O) groups excluding carboxylic acids is 3. The smallest absolute Gasteiger partial charge is 0.309 e. The average molecular weight is 562 g/mol. The summed E-state index contributed by atoms with van der Waals surface area (Å²) in [5, 5.41) is 0. The Morgan fingerprint density at radius 1 is 1.02 bits per heavy atom. The van der Waals surface area contributed by atoms with Crippen LogP contribution in [0.15, 0.2) is 42.6 Å². The van der Waals surface area contributed by atoms with E-state index in [0.29, 0.717) is 12.4 Å². The van der Waals surface area contributed by atoms with E-state index in [9.17, 15) is 14.4 Å². The molecule has 11 heteroatoms. The Hall–Kier alpha value is -3.70. The maximum Gasteiger partial charge on any atom is 0.309 e. The van der Waals surface area contributed by atoms with Gasteiger partial charge >= 0.3 is 11.9 Å². The van der Waals surface area contributed by atoms with Gasteiger partial charge in [0.05, 0.1) is 19.6 Å². The lowest BCUT2D eigenvalue weighted by atomic mass is 10.0. The fraction of sp³-hybridized carbons (Fsp3) is 0.517. The number of ether oxygens (including phenoxy) is 7. The van der Waals surface area contributed by atoms with Crippen molar-refractivity contribution in [3.05, 3.63) is 48.3 Å². The van der Waals surface area contributed by atoms with Crippen LogP contribution in [0, 0.1) is 5.92 Å². The highest BCUT2D eigenvalue weighted by Crippen LogP contribution is 2.31. The molecule has 220 valence electrons. The summed E-state index contributed by atoms with van der Waals surface area (Å²) in [5.74, 6) is -1.62. The van der Waals surface area contributed by atoms with E-state index < -0.39 is 48.7 Å². The summed E-state index contributed by atoms with van der Waals surface area (Å²) in [6.07, 6.45) is 0.0299. The number of hydrogen-bond acceptors (Lipinski definition) is 11. The molecule has 40 heavy (non-hydrogen) atoms. The predicted molar refractivity (Wildman–Crippen MR) is 144 cm³/mol. The Bertz CT molecular complexity index is 1080. The van der Waals surface area contributed by atoms with E-state index >= 15 is 0 Å². The van der Waals surface area contributed by atoms with Crippen LogP contribution in [0.1, 0.15) is 51.0 Å². The van der Waals surface area contributed by atoms with Gasteiger partial charge in [-0.1, -0.05) is 32.0 Å². The van der Waals surface area contributed by atoms with Gasteiger partial charge in [0, 0.05) is 39.3 Å². The Morgan fingerprint density at radius 3 is 2.38 bits per heavy atom. The van der Waals surface area contributed by atoms with Crippen LogP contribution in [0.3, 0.4) is 0 Å². The minimum atomic E-state index is -0.820. The fourth-order valence-corrected chi connectivity index (χ4v) is 3.73. The minimum absolute atomic E-state index is 0.0111. The number of Topliss-reactive ketones (excluding diaryl/α,β-unsaturated/α-hetero) is 1. The molecule has 0 saturated carbocycles. The topological polar surface area (TPSA) is 129 Å². The summed E-state index contributed by atoms with van der Waals surface area (Å²) >= 11 is 0. The number of benzene rings is 1. The zero-order valence-corrected chi connectivity index (χ0v) is 23.9. The molecule has 1 heterocycles. The number of nitrogens with zero attached hydrogens (tertiary/aromatic N) is 1. The van der Waals surface area contributed by atoms with Crippen molar-refractivity contribution < 1.29 is 47.5 Å². The highest BCUT2D eigenvalue weighted by Gasteiger charge is 2.34. The van der Waals surface area contributed by atoms with E-state index in [4.69, 9.17) is 33.2 Å². The van der Waals surface area contributed by atoms with E-state index in [0.717, 1.165) is 6.42 Å². The lowest BCUT2D eigenvalue weighted by Crippen LogP contribution is -2.47. The molecule has 2 aromatic rings. The molecule has 0 fully saturated rings. The number of methoxy groups -OCH3 is 2. The van der Waals surface area contributed by atoms with Crippen LogP contribution in [0.4, 0.5) is 0 Å². The Morgan fingerprint density at radius 2 is 1.75 bits per heavy atom. The van der Waals surface area contributed by atoms with Crippen LogP contribution in [0.5, 0.6) is 17.2 Å². The molecule has 0 aliphatic heterocycles. The quantitative estimate of drug-likeness (QED) is 0.149. The monoisotopic (exact) mass is 561 g/mol. The first kappa shape index (κ1) is 32.5. The summed E-state index contributed by atoms with van der Waals surface area (Å²) in [6.45, 7) is 6.78. The first-order valence-electron chi connectivity index (χ1n) is 13.1. The van der Waals surface area contributed by atoms with Crippen molar-refractivity contribution in [3.8, 4) is 17.2 Å². The maximum absolute atomic E-state index is 13.1. The van der Waals surface area contributed by atoms with Gasteiger partial charge in [0.15, 0.2) is 29.1 Å². The number of esters is 2. The summed E-state index contributed by atoms with van der Waals surface area (Å²) in [6, 6.07) is 10.7. The van der Waals surface area contributed by atoms with Crippen molar-refractivity contribution >= 4 is 17.7 Å². The van der Waals surface area contributed by atoms with Gasteiger partial charge in [0.2, 0.25) is 6.79 Å². The zero-order chi connectivity index (χ0) is 29.5. The zero-order valence-electron chi connectivity index (χ0n) is 23.9. The van der Waals surface area contributed by atoms with Crippen molar-refractivity contribution in [2.45, 2.75) is 58.8 Å². The predicted octanol–water partition coefficient (Wildman–Crippen LogP) is 4.02. The van der Waals surface area contributed by atoms with Gasteiger partial charge in [-0.15, -0.1) is 0 Å². The summed E-state index contributed by atoms with van der Waals surface area (Å²) < 4.78 is 38.8. The van der Waals surface area contributed by atoms with Gasteiger partial charge in [-0.2, -0.15) is 0 Å². The van der Waals surface area contributed by atoms with Gasteiger partial charge in [-0.3, -0.25) is 14.4 Å². The van der Waals surface area contributed by atoms with Gasteiger partial charge in [0.25, 0.3) is 0 Å². The highest BCUT2D eigenvalue weighted by molar-refractivity contribution is 5.99. The first-order chi connectivity index (χ1) is 19.2. The van der Waals surface area contributed by atoms with E-state index in [-0.39, 0.29) is 30.2 Å². The lowest BCUT2D eigenvalue weighted by molar-refractivity contribution is -0.164. The van der Waals surface area contributed by atoms with Crippen LogP contribution in [-0.4, -0.2) is 75.2 Å². The van der Waals surface area contributed by atoms with Crippen molar-refractivity contribution in [1.29, 1.82) is 0 Å². The fourth-order valence-electron chi connectivity index (χ4n) is 3.73. The minimum Gasteiger partial charge on any atom is -0.493 e. The molecule has 0 aliphatic carbocycles. The molecule has 1 aromatic carbocycles. The normalized spacial score (nSPS) is 13.8. The summed E-state index contributed by atoms with van der Waals surface area (Å²) in [5.41, 5.74) is -0.0578. The number of aromatic nitrogens is 1. The Balaban J connectivity index is 2.15. The van der Waals surface area contributed by atoms with E-state index in [1.165, 1.54) is 26.3 Å². The molecular weight excluding hydrogens is 522 g/mol. The van der Waals surface area contributed by atoms with Crippen LogP contribution >= 0.6 is 0 Å². The molecule has 1 aromatic heterocycles. The van der Waals surface area contributed by atoms with Crippen molar-refractivity contribution in [3.63, 3.8) is 0 Å². The van der Waals surface area contributed by atoms with Crippen LogP contribution < -0.4 is 14.2 Å². The molecule has 4 atom stereocenters. The van der Waals surface area contributed by atoms with Crippen molar-refractivity contribution in [1.82, 2.24) is 4.98 Å². The van der Waals surface area contributed by atoms with Gasteiger partial charge in [-0.05, 0) is 25.5 Å². The van der Waals surface area contributed by atoms with Crippen LogP contribution in [0.25, 0.3) is 0 Å². The number of carbonyl (C=O) groups is 3. The van der Waals surface area contributed by atoms with Gasteiger partial charge < -0.3 is 33.2 Å². The third-order valence-electron chi connectivity index (χ3n) is 5.73. The standard InChI is InChI=1S/C29H39NO10/c1-7-15-36-25(17-34-5)27(40-22-11-9-8-10-12-22)20(3)39-29(33)19(2)16-23(32)26-28(38-18-37-21(4)31)24(35-6)13-14-30-26/h8-14,19-20,25,27H,7,15-18H2,1-6H3/t19-,20+,25+,27+/m1/s1. The highest BCUT2D eigenvalue weighted by atomic mass is 16.7. The molecule has 11 nitrogen and oxygen atoms in total. The van der Waals surface area contributed by atoms with E-state index in [1.807, 2.05) is 25.1 Å². The number of pyridine rings is 1. The molecule has 0 bridgehead atoms. The van der Waals surface area contributed by atoms with Crippen LogP contribution in [0.2, 0.25) is 0 Å². The average Bonchev–Trinajstić information content (AvgIpc) is 2.94. The lowest BCUT2D eigenvalue weighted by Gasteiger charge is -2.32. The summed E-state index contributed by atoms with van der Waals surface area (Å²) in [7, 11) is 2.96. The largest absolute Gasteiger partial charge is 0.493 e. The van der Waals surface area contributed by atoms with Crippen LogP contribution in [-0.2, 0) is 28.5 Å². The molecule has 0 radical (unpaired) electrons. The third-order valence-corrected chi connectivity index (χ3v) is 5.73. The Labute approximate surface area is 235 Å². The molecule has 0 N–H and O–H groups in total. The molecule has 0 spiro atoms. The van der Waals surface area contributed by atoms with Gasteiger partial charge in [0.1, 0.15) is 18.0 Å². The number of para-hydroxylation sites is 1. The number of ketones is 1. The van der Waals surface area contributed by atoms with Gasteiger partial charge in [-0.25, -0.2) is 4.98 Å². The van der Waals surface area contributed by atoms with Crippen molar-refractivity contribution in [2.24, 2.45) is 5.92 Å². The summed E-state index contributed by atoms with van der Waals surface area (Å²) in [4.78, 5) is 41.4. The second-order valence-corrected chi connectivity index (χ2v) is 9.02. The van der Waals surface area contributed by atoms with E-state index in [2.05, 4.69) is 4.98 Å². The number of hydrogen-bond donors (Lipinski definition) is 0. The Kier molecular flexibility index (Phi) is 13.9. The molecule has 0 unspecified atom stereocenters.